The molecule has 0 atom stereocenters. The lowest BCUT2D eigenvalue weighted by atomic mass is 10.1. The topological polar surface area (TPSA) is 220 Å². The van der Waals surface area contributed by atoms with E-state index in [1.807, 2.05) is 0 Å². The Morgan fingerprint density at radius 3 is 1.14 bits per heavy atom. The number of hydrogen-bond donors (Lipinski definition) is 10. The number of carbonyl (C=O) groups excluding carboxylic acids is 2. The van der Waals surface area contributed by atoms with Gasteiger partial charge >= 0.3 is 11.9 Å². The van der Waals surface area contributed by atoms with Crippen LogP contribution in [0.1, 0.15) is 137 Å². The smallest absolute Gasteiger partial charge is 0.338 e. The maximum Gasteiger partial charge on any atom is 0.338 e. The summed E-state index contributed by atoms with van der Waals surface area (Å²) in [5.74, 6) is -0.818. The Labute approximate surface area is 346 Å². The van der Waals surface area contributed by atoms with Crippen LogP contribution < -0.4 is 31.9 Å². The fourth-order valence-corrected chi connectivity index (χ4v) is 5.36. The number of nitrogens with one attached hydrogen (secondary N) is 10. The second-order valence-corrected chi connectivity index (χ2v) is 13.2. The molecule has 314 valence electrons. The van der Waals surface area contributed by atoms with E-state index in [1.54, 1.807) is 48.5 Å². The first-order valence-corrected chi connectivity index (χ1v) is 19.7. The molecule has 0 aliphatic heterocycles. The summed E-state index contributed by atoms with van der Waals surface area (Å²) in [6, 6.07) is 13.4. The molecule has 0 spiro atoms. The fourth-order valence-electron chi connectivity index (χ4n) is 5.36. The van der Waals surface area contributed by atoms with Gasteiger partial charge in [0.1, 0.15) is 0 Å². The third kappa shape index (κ3) is 24.8. The molecular formula is C40H66Cl2N10O4. The van der Waals surface area contributed by atoms with Gasteiger partial charge in [0.2, 0.25) is 0 Å². The summed E-state index contributed by atoms with van der Waals surface area (Å²) in [6.07, 6.45) is 17.1. The predicted octanol–water partition coefficient (Wildman–Crippen LogP) is 8.75. The highest BCUT2D eigenvalue weighted by molar-refractivity contribution is 6.03. The number of ether oxygens (including phenoxy) is 2. The van der Waals surface area contributed by atoms with Crippen LogP contribution in [-0.4, -0.2) is 62.1 Å². The third-order valence-corrected chi connectivity index (χ3v) is 8.45. The molecular weight excluding hydrogens is 755 g/mol. The van der Waals surface area contributed by atoms with Crippen molar-refractivity contribution in [2.24, 2.45) is 0 Å². The average molecular weight is 822 g/mol. The van der Waals surface area contributed by atoms with Gasteiger partial charge in [0, 0.05) is 24.5 Å². The SMILES string of the molecule is CCCCCCCCOC(=O)c1ccc(NC(=N)NC(=N)NCCCCCCNC(=N)NC(=N)Nc2ccc(C(=O)OCCCCCCCC)cc2)cc1.Cl.Cl. The minimum atomic E-state index is -0.355. The first kappa shape index (κ1) is 51.4. The quantitative estimate of drug-likeness (QED) is 0.0199. The summed E-state index contributed by atoms with van der Waals surface area (Å²) in [6.45, 7) is 6.35. The zero-order chi connectivity index (χ0) is 39.2. The van der Waals surface area contributed by atoms with Gasteiger partial charge in [-0.15, -0.1) is 24.8 Å². The number of hydrogen-bond acceptors (Lipinski definition) is 8. The highest BCUT2D eigenvalue weighted by atomic mass is 35.5. The van der Waals surface area contributed by atoms with Crippen LogP contribution in [0.2, 0.25) is 0 Å². The Kier molecular flexibility index (Phi) is 30.0. The minimum Gasteiger partial charge on any atom is -0.462 e. The van der Waals surface area contributed by atoms with E-state index in [9.17, 15) is 9.59 Å². The molecule has 0 saturated heterocycles. The van der Waals surface area contributed by atoms with Gasteiger partial charge in [0.05, 0.1) is 24.3 Å². The largest absolute Gasteiger partial charge is 0.462 e. The minimum absolute atomic E-state index is 0. The number of rotatable bonds is 25. The van der Waals surface area contributed by atoms with E-state index < -0.39 is 0 Å². The van der Waals surface area contributed by atoms with E-state index >= 15 is 0 Å². The van der Waals surface area contributed by atoms with Crippen molar-refractivity contribution in [3.63, 3.8) is 0 Å². The molecule has 16 heteroatoms. The van der Waals surface area contributed by atoms with E-state index in [2.05, 4.69) is 45.7 Å². The van der Waals surface area contributed by atoms with Gasteiger partial charge in [-0.2, -0.15) is 0 Å². The molecule has 0 radical (unpaired) electrons. The van der Waals surface area contributed by atoms with Gasteiger partial charge < -0.3 is 30.7 Å². The number of anilines is 2. The molecule has 2 aromatic carbocycles. The summed E-state index contributed by atoms with van der Waals surface area (Å²) < 4.78 is 10.7. The van der Waals surface area contributed by atoms with Crippen LogP contribution in [0.25, 0.3) is 0 Å². The molecule has 0 amide bonds. The van der Waals surface area contributed by atoms with Crippen molar-refractivity contribution in [2.75, 3.05) is 36.9 Å². The van der Waals surface area contributed by atoms with Crippen LogP contribution in [0.5, 0.6) is 0 Å². The maximum atomic E-state index is 12.3. The molecule has 0 bridgehead atoms. The van der Waals surface area contributed by atoms with Crippen molar-refractivity contribution in [1.82, 2.24) is 21.3 Å². The third-order valence-electron chi connectivity index (χ3n) is 8.45. The van der Waals surface area contributed by atoms with E-state index in [0.29, 0.717) is 48.8 Å². The van der Waals surface area contributed by atoms with Crippen LogP contribution in [0.3, 0.4) is 0 Å². The number of halogens is 2. The summed E-state index contributed by atoms with van der Waals surface area (Å²) >= 11 is 0. The Morgan fingerprint density at radius 1 is 0.464 bits per heavy atom. The lowest BCUT2D eigenvalue weighted by molar-refractivity contribution is 0.0488. The van der Waals surface area contributed by atoms with Crippen molar-refractivity contribution < 1.29 is 19.1 Å². The molecule has 0 aromatic heterocycles. The molecule has 2 rings (SSSR count). The zero-order valence-corrected chi connectivity index (χ0v) is 34.8. The monoisotopic (exact) mass is 820 g/mol. The normalized spacial score (nSPS) is 10.1. The summed E-state index contributed by atoms with van der Waals surface area (Å²) in [5, 5.41) is 49.3. The Balaban J connectivity index is 0.0000151. The van der Waals surface area contributed by atoms with Crippen molar-refractivity contribution >= 4 is 72.0 Å². The van der Waals surface area contributed by atoms with E-state index in [0.717, 1.165) is 51.4 Å². The highest BCUT2D eigenvalue weighted by Crippen LogP contribution is 2.13. The Bertz CT molecular complexity index is 1320. The molecule has 0 aliphatic rings. The number of benzene rings is 2. The zero-order valence-electron chi connectivity index (χ0n) is 33.2. The number of esters is 2. The van der Waals surface area contributed by atoms with Crippen molar-refractivity contribution in [1.29, 1.82) is 21.6 Å². The van der Waals surface area contributed by atoms with Crippen LogP contribution >= 0.6 is 24.8 Å². The van der Waals surface area contributed by atoms with Crippen molar-refractivity contribution in [3.05, 3.63) is 59.7 Å². The van der Waals surface area contributed by atoms with Gasteiger partial charge in [-0.3, -0.25) is 32.3 Å². The summed E-state index contributed by atoms with van der Waals surface area (Å²) in [4.78, 5) is 24.5. The molecule has 0 saturated carbocycles. The predicted molar refractivity (Wildman–Crippen MR) is 234 cm³/mol. The first-order valence-electron chi connectivity index (χ1n) is 19.7. The van der Waals surface area contributed by atoms with Crippen LogP contribution in [0.4, 0.5) is 11.4 Å². The average Bonchev–Trinajstić information content (AvgIpc) is 3.15. The van der Waals surface area contributed by atoms with Gasteiger partial charge in [-0.05, 0) is 74.2 Å². The highest BCUT2D eigenvalue weighted by Gasteiger charge is 2.10. The second kappa shape index (κ2) is 32.7. The molecule has 0 fully saturated rings. The van der Waals surface area contributed by atoms with Gasteiger partial charge in [-0.25, -0.2) is 9.59 Å². The van der Waals surface area contributed by atoms with Gasteiger partial charge in [0.25, 0.3) is 0 Å². The molecule has 56 heavy (non-hydrogen) atoms. The molecule has 10 N–H and O–H groups in total. The fraction of sp³-hybridized carbons (Fsp3) is 0.550. The van der Waals surface area contributed by atoms with E-state index in [4.69, 9.17) is 31.1 Å². The lowest BCUT2D eigenvalue weighted by Crippen LogP contribution is -2.43. The molecule has 0 unspecified atom stereocenters. The summed E-state index contributed by atoms with van der Waals surface area (Å²) in [5.41, 5.74) is 2.14. The second-order valence-electron chi connectivity index (χ2n) is 13.2. The molecule has 2 aromatic rings. The number of unbranched alkanes of at least 4 members (excludes halogenated alkanes) is 13. The Morgan fingerprint density at radius 2 is 0.786 bits per heavy atom. The van der Waals surface area contributed by atoms with Gasteiger partial charge in [-0.1, -0.05) is 90.9 Å². The number of guanidine groups is 4. The Hall–Kier alpha value is -4.56. The summed E-state index contributed by atoms with van der Waals surface area (Å²) in [7, 11) is 0. The molecule has 0 heterocycles. The van der Waals surface area contributed by atoms with E-state index in [-0.39, 0.29) is 60.6 Å². The standard InChI is InChI=1S/C40H64N10O4.2ClH/c1-3-5-7-9-13-17-29-53-35(51)31-19-23-33(24-20-31)47-39(43)49-37(41)45-27-15-11-12-16-28-46-38(42)50-40(44)48-34-25-21-32(22-26-34)36(52)54-30-18-14-10-8-6-4-2;;/h19-26H,3-18,27-30H2,1-2H3,(H5,41,43,45,47,49)(H5,42,44,46,48,50);2*1H. The van der Waals surface area contributed by atoms with E-state index in [1.165, 1.54) is 51.4 Å². The lowest BCUT2D eigenvalue weighted by Gasteiger charge is -2.13. The van der Waals surface area contributed by atoms with Crippen molar-refractivity contribution in [3.8, 4) is 0 Å². The van der Waals surface area contributed by atoms with Crippen LogP contribution in [0.15, 0.2) is 48.5 Å². The number of carbonyl (C=O) groups is 2. The van der Waals surface area contributed by atoms with Crippen molar-refractivity contribution in [2.45, 2.75) is 117 Å². The molecule has 14 nitrogen and oxygen atoms in total. The van der Waals surface area contributed by atoms with Crippen LogP contribution in [-0.2, 0) is 9.47 Å². The van der Waals surface area contributed by atoms with Gasteiger partial charge in [0.15, 0.2) is 23.8 Å². The molecule has 0 aliphatic carbocycles. The maximum absolute atomic E-state index is 12.3. The first-order chi connectivity index (χ1) is 26.2. The van der Waals surface area contributed by atoms with Crippen LogP contribution in [0, 0.1) is 21.6 Å².